The fourth-order valence-electron chi connectivity index (χ4n) is 2.52. The first kappa shape index (κ1) is 22.0. The number of rotatable bonds is 7. The SMILES string of the molecule is CN=C(NCCc1ncc(C)s1)NCc1ccc(OC(C)C)cc1C(F)(F)F. The average Bonchev–Trinajstić information content (AvgIpc) is 3.02. The van der Waals surface area contributed by atoms with Gasteiger partial charge in [-0.3, -0.25) is 4.99 Å². The fraction of sp³-hybridized carbons (Fsp3) is 0.474. The van der Waals surface area contributed by atoms with Gasteiger partial charge in [0.2, 0.25) is 0 Å². The summed E-state index contributed by atoms with van der Waals surface area (Å²) in [6.07, 6.45) is -2.13. The van der Waals surface area contributed by atoms with Crippen LogP contribution in [-0.4, -0.2) is 30.6 Å². The number of thiazole rings is 1. The minimum absolute atomic E-state index is 0.00711. The molecule has 0 radical (unpaired) electrons. The first-order chi connectivity index (χ1) is 13.2. The normalized spacial score (nSPS) is 12.4. The van der Waals surface area contributed by atoms with Gasteiger partial charge in [0.25, 0.3) is 0 Å². The lowest BCUT2D eigenvalue weighted by Crippen LogP contribution is -2.38. The zero-order valence-electron chi connectivity index (χ0n) is 16.4. The van der Waals surface area contributed by atoms with Crippen molar-refractivity contribution in [2.24, 2.45) is 4.99 Å². The van der Waals surface area contributed by atoms with Crippen LogP contribution in [0, 0.1) is 6.92 Å². The lowest BCUT2D eigenvalue weighted by Gasteiger charge is -2.18. The summed E-state index contributed by atoms with van der Waals surface area (Å²) in [7, 11) is 1.58. The third kappa shape index (κ3) is 6.70. The van der Waals surface area contributed by atoms with Crippen molar-refractivity contribution in [1.29, 1.82) is 0 Å². The van der Waals surface area contributed by atoms with E-state index in [0.717, 1.165) is 16.0 Å². The molecule has 0 aliphatic carbocycles. The molecular weight excluding hydrogens is 389 g/mol. The van der Waals surface area contributed by atoms with Crippen molar-refractivity contribution in [3.8, 4) is 5.75 Å². The van der Waals surface area contributed by atoms with Gasteiger partial charge in [-0.25, -0.2) is 4.98 Å². The zero-order valence-corrected chi connectivity index (χ0v) is 17.2. The van der Waals surface area contributed by atoms with E-state index in [0.29, 0.717) is 18.9 Å². The first-order valence-electron chi connectivity index (χ1n) is 8.91. The lowest BCUT2D eigenvalue weighted by atomic mass is 10.1. The maximum atomic E-state index is 13.4. The van der Waals surface area contributed by atoms with Crippen LogP contribution < -0.4 is 15.4 Å². The summed E-state index contributed by atoms with van der Waals surface area (Å²) in [6, 6.07) is 4.02. The number of hydrogen-bond acceptors (Lipinski definition) is 4. The van der Waals surface area contributed by atoms with E-state index in [1.165, 1.54) is 6.07 Å². The minimum Gasteiger partial charge on any atom is -0.491 e. The van der Waals surface area contributed by atoms with E-state index in [1.807, 2.05) is 13.1 Å². The summed E-state index contributed by atoms with van der Waals surface area (Å²) in [4.78, 5) is 9.48. The van der Waals surface area contributed by atoms with Crippen LogP contribution in [0.25, 0.3) is 0 Å². The van der Waals surface area contributed by atoms with E-state index in [2.05, 4.69) is 20.6 Å². The van der Waals surface area contributed by atoms with Crippen molar-refractivity contribution in [3.05, 3.63) is 45.4 Å². The van der Waals surface area contributed by atoms with Gasteiger partial charge in [-0.15, -0.1) is 11.3 Å². The van der Waals surface area contributed by atoms with Gasteiger partial charge in [0.15, 0.2) is 5.96 Å². The molecule has 9 heteroatoms. The van der Waals surface area contributed by atoms with Gasteiger partial charge in [0, 0.05) is 37.6 Å². The van der Waals surface area contributed by atoms with Crippen LogP contribution in [0.4, 0.5) is 13.2 Å². The summed E-state index contributed by atoms with van der Waals surface area (Å²) < 4.78 is 45.7. The molecule has 0 unspecified atom stereocenters. The molecule has 0 saturated heterocycles. The predicted octanol–water partition coefficient (Wildman–Crippen LogP) is 4.17. The molecule has 2 rings (SSSR count). The molecule has 1 heterocycles. The van der Waals surface area contributed by atoms with Crippen LogP contribution in [-0.2, 0) is 19.1 Å². The smallest absolute Gasteiger partial charge is 0.416 e. The second-order valence-corrected chi connectivity index (χ2v) is 7.77. The molecule has 0 saturated carbocycles. The summed E-state index contributed by atoms with van der Waals surface area (Å²) in [5, 5.41) is 7.02. The second kappa shape index (κ2) is 9.77. The molecule has 0 spiro atoms. The molecule has 2 aromatic rings. The Morgan fingerprint density at radius 2 is 2.04 bits per heavy atom. The van der Waals surface area contributed by atoms with Crippen molar-refractivity contribution in [3.63, 3.8) is 0 Å². The maximum absolute atomic E-state index is 13.4. The van der Waals surface area contributed by atoms with E-state index >= 15 is 0 Å². The van der Waals surface area contributed by atoms with E-state index in [9.17, 15) is 13.2 Å². The fourth-order valence-corrected chi connectivity index (χ4v) is 3.31. The van der Waals surface area contributed by atoms with Gasteiger partial charge in [-0.1, -0.05) is 6.07 Å². The number of nitrogens with one attached hydrogen (secondary N) is 2. The number of ether oxygens (including phenoxy) is 1. The highest BCUT2D eigenvalue weighted by Crippen LogP contribution is 2.34. The molecule has 154 valence electrons. The molecule has 2 N–H and O–H groups in total. The Morgan fingerprint density at radius 1 is 1.29 bits per heavy atom. The van der Waals surface area contributed by atoms with Crippen molar-refractivity contribution in [1.82, 2.24) is 15.6 Å². The van der Waals surface area contributed by atoms with E-state index in [4.69, 9.17) is 4.74 Å². The number of halogens is 3. The first-order valence-corrected chi connectivity index (χ1v) is 9.73. The van der Waals surface area contributed by atoms with Gasteiger partial charge in [0.05, 0.1) is 16.7 Å². The lowest BCUT2D eigenvalue weighted by molar-refractivity contribution is -0.138. The van der Waals surface area contributed by atoms with E-state index < -0.39 is 11.7 Å². The van der Waals surface area contributed by atoms with Crippen LogP contribution in [0.1, 0.15) is 34.9 Å². The standard InChI is InChI=1S/C19H25F3N4OS/c1-12(2)27-15-6-5-14(16(9-15)19(20,21)22)11-26-18(23-4)24-8-7-17-25-10-13(3)28-17/h5-6,9-10,12H,7-8,11H2,1-4H3,(H2,23,24,26). The third-order valence-electron chi connectivity index (χ3n) is 3.73. The molecule has 1 aromatic carbocycles. The number of nitrogens with zero attached hydrogens (tertiary/aromatic N) is 2. The molecule has 0 fully saturated rings. The number of aliphatic imine (C=N–C) groups is 1. The second-order valence-electron chi connectivity index (χ2n) is 6.45. The van der Waals surface area contributed by atoms with E-state index in [1.54, 1.807) is 38.3 Å². The zero-order chi connectivity index (χ0) is 20.7. The Hall–Kier alpha value is -2.29. The van der Waals surface area contributed by atoms with E-state index in [-0.39, 0.29) is 24.0 Å². The highest BCUT2D eigenvalue weighted by Gasteiger charge is 2.33. The third-order valence-corrected chi connectivity index (χ3v) is 4.70. The monoisotopic (exact) mass is 414 g/mol. The van der Waals surface area contributed by atoms with Gasteiger partial charge in [0.1, 0.15) is 5.75 Å². The van der Waals surface area contributed by atoms with Crippen molar-refractivity contribution >= 4 is 17.3 Å². The number of guanidine groups is 1. The molecule has 1 aromatic heterocycles. The largest absolute Gasteiger partial charge is 0.491 e. The molecular formula is C19H25F3N4OS. The number of hydrogen-bond donors (Lipinski definition) is 2. The van der Waals surface area contributed by atoms with Crippen LogP contribution in [0.5, 0.6) is 5.75 Å². The number of benzene rings is 1. The Balaban J connectivity index is 1.98. The number of aryl methyl sites for hydroxylation is 1. The van der Waals surface area contributed by atoms with Crippen LogP contribution in [0.3, 0.4) is 0 Å². The maximum Gasteiger partial charge on any atom is 0.416 e. The average molecular weight is 414 g/mol. The Bertz CT molecular complexity index is 803. The predicted molar refractivity (Wildman–Crippen MR) is 106 cm³/mol. The highest BCUT2D eigenvalue weighted by atomic mass is 32.1. The summed E-state index contributed by atoms with van der Waals surface area (Å²) >= 11 is 1.62. The Morgan fingerprint density at radius 3 is 2.61 bits per heavy atom. The van der Waals surface area contributed by atoms with Crippen LogP contribution in [0.15, 0.2) is 29.4 Å². The summed E-state index contributed by atoms with van der Waals surface area (Å²) in [6.45, 7) is 6.11. The minimum atomic E-state index is -4.47. The number of aromatic nitrogens is 1. The van der Waals surface area contributed by atoms with Crippen LogP contribution in [0.2, 0.25) is 0 Å². The van der Waals surface area contributed by atoms with Gasteiger partial charge >= 0.3 is 6.18 Å². The molecule has 0 aliphatic heterocycles. The Labute approximate surface area is 167 Å². The molecule has 0 atom stereocenters. The molecule has 0 bridgehead atoms. The van der Waals surface area contributed by atoms with Gasteiger partial charge in [-0.2, -0.15) is 13.2 Å². The van der Waals surface area contributed by atoms with Crippen molar-refractivity contribution in [2.45, 2.75) is 46.0 Å². The highest BCUT2D eigenvalue weighted by molar-refractivity contribution is 7.11. The van der Waals surface area contributed by atoms with Gasteiger partial charge in [-0.05, 0) is 38.5 Å². The number of alkyl halides is 3. The molecule has 28 heavy (non-hydrogen) atoms. The Kier molecular flexibility index (Phi) is 7.68. The van der Waals surface area contributed by atoms with Crippen molar-refractivity contribution in [2.75, 3.05) is 13.6 Å². The molecule has 0 amide bonds. The van der Waals surface area contributed by atoms with Crippen molar-refractivity contribution < 1.29 is 17.9 Å². The molecule has 5 nitrogen and oxygen atoms in total. The topological polar surface area (TPSA) is 58.5 Å². The molecule has 0 aliphatic rings. The summed E-state index contributed by atoms with van der Waals surface area (Å²) in [5.41, 5.74) is -0.589. The quantitative estimate of drug-likeness (QED) is 0.528. The van der Waals surface area contributed by atoms with Crippen LogP contribution >= 0.6 is 11.3 Å². The summed E-state index contributed by atoms with van der Waals surface area (Å²) in [5.74, 6) is 0.635. The van der Waals surface area contributed by atoms with Gasteiger partial charge < -0.3 is 15.4 Å².